The lowest BCUT2D eigenvalue weighted by molar-refractivity contribution is -0.188. The van der Waals surface area contributed by atoms with Crippen LogP contribution in [0.15, 0.2) is 12.1 Å². The summed E-state index contributed by atoms with van der Waals surface area (Å²) in [7, 11) is 1.50. The first-order valence-electron chi connectivity index (χ1n) is 13.5. The number of likely N-dealkylation sites (tertiary alicyclic amines) is 2. The van der Waals surface area contributed by atoms with Crippen molar-refractivity contribution in [2.75, 3.05) is 46.7 Å². The molecule has 0 spiro atoms. The number of carbonyl (C=O) groups excluding carboxylic acids is 3. The number of imide groups is 1. The van der Waals surface area contributed by atoms with Crippen LogP contribution in [0.1, 0.15) is 57.4 Å². The second-order valence-corrected chi connectivity index (χ2v) is 9.98. The summed E-state index contributed by atoms with van der Waals surface area (Å²) in [6.45, 7) is 5.05. The van der Waals surface area contributed by atoms with Gasteiger partial charge in [-0.05, 0) is 37.0 Å². The summed E-state index contributed by atoms with van der Waals surface area (Å²) >= 11 is 0. The lowest BCUT2D eigenvalue weighted by Crippen LogP contribution is -2.45. The van der Waals surface area contributed by atoms with Gasteiger partial charge in [0.05, 0.1) is 26.2 Å². The summed E-state index contributed by atoms with van der Waals surface area (Å²) in [6, 6.07) is 2.90. The van der Waals surface area contributed by atoms with Crippen molar-refractivity contribution in [2.24, 2.45) is 5.92 Å². The van der Waals surface area contributed by atoms with E-state index in [1.807, 2.05) is 18.7 Å². The molecule has 3 heterocycles. The number of carboxylic acids is 1. The normalized spacial score (nSPS) is 22.5. The molecule has 3 amide bonds. The maximum absolute atomic E-state index is 13.3. The van der Waals surface area contributed by atoms with E-state index in [2.05, 4.69) is 0 Å². The number of hydrogen-bond donors (Lipinski definition) is 1. The smallest absolute Gasteiger partial charge is 0.308 e. The molecule has 214 valence electrons. The molecule has 2 fully saturated rings. The minimum atomic E-state index is -1.02. The highest BCUT2D eigenvalue weighted by molar-refractivity contribution is 6.01. The Kier molecular flexibility index (Phi) is 9.28. The summed E-state index contributed by atoms with van der Waals surface area (Å²) < 4.78 is 16.5. The van der Waals surface area contributed by atoms with Crippen LogP contribution >= 0.6 is 0 Å². The maximum atomic E-state index is 13.3. The van der Waals surface area contributed by atoms with Gasteiger partial charge in [0.25, 0.3) is 5.91 Å². The lowest BCUT2D eigenvalue weighted by Gasteiger charge is -2.30. The first-order chi connectivity index (χ1) is 18.8. The monoisotopic (exact) mass is 547 g/mol. The van der Waals surface area contributed by atoms with Crippen LogP contribution in [-0.4, -0.2) is 96.4 Å². The minimum Gasteiger partial charge on any atom is -0.493 e. The Bertz CT molecular complexity index is 1080. The summed E-state index contributed by atoms with van der Waals surface area (Å²) in [4.78, 5) is 59.3. The van der Waals surface area contributed by atoms with Gasteiger partial charge < -0.3 is 19.3 Å². The van der Waals surface area contributed by atoms with Crippen molar-refractivity contribution in [3.63, 3.8) is 0 Å². The molecule has 0 bridgehead atoms. The number of methoxy groups -OCH3 is 1. The van der Waals surface area contributed by atoms with Gasteiger partial charge in [-0.3, -0.25) is 33.8 Å². The zero-order valence-corrected chi connectivity index (χ0v) is 22.7. The second-order valence-electron chi connectivity index (χ2n) is 9.98. The number of hydroxylamine groups is 2. The topological polar surface area (TPSA) is 135 Å². The molecular weight excluding hydrogens is 510 g/mol. The number of hydrogen-bond acceptors (Lipinski definition) is 9. The predicted octanol–water partition coefficient (Wildman–Crippen LogP) is 2.01. The molecule has 12 nitrogen and oxygen atoms in total. The summed E-state index contributed by atoms with van der Waals surface area (Å²) in [5.41, 5.74) is 0.685. The Morgan fingerprint density at radius 1 is 1.13 bits per heavy atom. The van der Waals surface area contributed by atoms with Crippen LogP contribution in [0, 0.1) is 5.92 Å². The first kappa shape index (κ1) is 28.6. The van der Waals surface area contributed by atoms with Crippen LogP contribution < -0.4 is 14.2 Å². The molecule has 1 aromatic carbocycles. The molecule has 1 N–H and O–H groups in total. The minimum absolute atomic E-state index is 0.0361. The zero-order valence-electron chi connectivity index (χ0n) is 22.7. The Morgan fingerprint density at radius 3 is 2.51 bits per heavy atom. The van der Waals surface area contributed by atoms with E-state index in [-0.39, 0.29) is 63.4 Å². The number of amides is 3. The van der Waals surface area contributed by atoms with Gasteiger partial charge in [0.2, 0.25) is 24.4 Å². The van der Waals surface area contributed by atoms with E-state index < -0.39 is 23.8 Å². The largest absolute Gasteiger partial charge is 0.493 e. The zero-order chi connectivity index (χ0) is 28.1. The number of aliphatic carboxylic acids is 1. The number of benzene rings is 1. The van der Waals surface area contributed by atoms with Crippen molar-refractivity contribution in [2.45, 2.75) is 57.9 Å². The van der Waals surface area contributed by atoms with Crippen molar-refractivity contribution in [3.05, 3.63) is 17.7 Å². The lowest BCUT2D eigenvalue weighted by atomic mass is 9.84. The fourth-order valence-electron chi connectivity index (χ4n) is 5.61. The van der Waals surface area contributed by atoms with Crippen LogP contribution in [0.25, 0.3) is 0 Å². The maximum Gasteiger partial charge on any atom is 0.308 e. The number of ether oxygens (including phenoxy) is 3. The molecule has 0 aromatic heterocycles. The van der Waals surface area contributed by atoms with Gasteiger partial charge in [0, 0.05) is 44.4 Å². The molecule has 12 heteroatoms. The van der Waals surface area contributed by atoms with Gasteiger partial charge in [-0.1, -0.05) is 13.8 Å². The van der Waals surface area contributed by atoms with Crippen molar-refractivity contribution < 1.29 is 43.3 Å². The summed E-state index contributed by atoms with van der Waals surface area (Å²) in [5, 5.41) is 11.8. The average Bonchev–Trinajstić information content (AvgIpc) is 3.62. The van der Waals surface area contributed by atoms with E-state index in [0.717, 1.165) is 6.42 Å². The van der Waals surface area contributed by atoms with Crippen molar-refractivity contribution in [1.29, 1.82) is 0 Å². The third-order valence-corrected chi connectivity index (χ3v) is 7.44. The Balaban J connectivity index is 1.64. The Morgan fingerprint density at radius 2 is 1.87 bits per heavy atom. The highest BCUT2D eigenvalue weighted by Gasteiger charge is 2.48. The van der Waals surface area contributed by atoms with E-state index >= 15 is 0 Å². The van der Waals surface area contributed by atoms with Crippen molar-refractivity contribution in [3.8, 4) is 17.2 Å². The van der Waals surface area contributed by atoms with Gasteiger partial charge in [-0.25, -0.2) is 5.06 Å². The van der Waals surface area contributed by atoms with Gasteiger partial charge in [-0.2, -0.15) is 0 Å². The number of carbonyl (C=O) groups is 4. The molecule has 3 atom stereocenters. The fourth-order valence-corrected chi connectivity index (χ4v) is 5.61. The Hall–Kier alpha value is -3.38. The molecule has 0 saturated carbocycles. The highest BCUT2D eigenvalue weighted by Crippen LogP contribution is 2.47. The van der Waals surface area contributed by atoms with E-state index in [9.17, 15) is 24.3 Å². The van der Waals surface area contributed by atoms with Crippen LogP contribution in [-0.2, 0) is 24.0 Å². The molecule has 3 aliphatic heterocycles. The van der Waals surface area contributed by atoms with Gasteiger partial charge in [0.15, 0.2) is 11.5 Å². The molecule has 1 aromatic rings. The van der Waals surface area contributed by atoms with Crippen LogP contribution in [0.2, 0.25) is 0 Å². The molecule has 0 aliphatic carbocycles. The molecule has 3 aliphatic rings. The van der Waals surface area contributed by atoms with Crippen LogP contribution in [0.5, 0.6) is 17.2 Å². The average molecular weight is 548 g/mol. The van der Waals surface area contributed by atoms with Gasteiger partial charge in [-0.15, -0.1) is 0 Å². The second kappa shape index (κ2) is 12.6. The fraction of sp³-hybridized carbons (Fsp3) is 0.630. The molecule has 3 unspecified atom stereocenters. The molecular formula is C27H37N3O9. The summed E-state index contributed by atoms with van der Waals surface area (Å²) in [6.07, 6.45) is 1.99. The number of carboxylic acid groups (broad SMARTS) is 1. The highest BCUT2D eigenvalue weighted by atomic mass is 16.7. The standard InChI is InChI=1S/C27H37N3O9/c1-4-9-30(39-11-5-2)24(33)15-28-14-18(17-12-20(36-3)26-21(13-17)37-16-38-26)25(27(34)35)19(28)8-10-29-22(31)6-7-23(29)32/h12-13,18-19,25H,4-11,14-16H2,1-3H3,(H,34,35). The predicted molar refractivity (Wildman–Crippen MR) is 137 cm³/mol. The SMILES string of the molecule is CCCON(CCC)C(=O)CN1CC(c2cc(OC)c3c(c2)OCO3)C(C(=O)O)C1CCN1C(=O)CCC1=O. The molecule has 39 heavy (non-hydrogen) atoms. The van der Waals surface area contributed by atoms with E-state index in [4.69, 9.17) is 19.0 Å². The van der Waals surface area contributed by atoms with E-state index in [1.165, 1.54) is 17.1 Å². The third-order valence-electron chi connectivity index (χ3n) is 7.44. The third kappa shape index (κ3) is 6.11. The van der Waals surface area contributed by atoms with E-state index in [0.29, 0.717) is 42.4 Å². The number of fused-ring (bicyclic) bond motifs is 1. The molecule has 4 rings (SSSR count). The quantitative estimate of drug-likeness (QED) is 0.289. The number of rotatable bonds is 13. The molecule has 0 radical (unpaired) electrons. The first-order valence-corrected chi connectivity index (χ1v) is 13.5. The van der Waals surface area contributed by atoms with Crippen LogP contribution in [0.3, 0.4) is 0 Å². The van der Waals surface area contributed by atoms with Crippen molar-refractivity contribution in [1.82, 2.24) is 14.9 Å². The van der Waals surface area contributed by atoms with Gasteiger partial charge >= 0.3 is 5.97 Å². The molecule has 2 saturated heterocycles. The summed E-state index contributed by atoms with van der Waals surface area (Å²) in [5.74, 6) is -1.86. The van der Waals surface area contributed by atoms with E-state index in [1.54, 1.807) is 12.1 Å². The number of nitrogens with zero attached hydrogens (tertiary/aromatic N) is 3. The van der Waals surface area contributed by atoms with Gasteiger partial charge in [0.1, 0.15) is 0 Å². The van der Waals surface area contributed by atoms with Crippen molar-refractivity contribution >= 4 is 23.7 Å². The van der Waals surface area contributed by atoms with Crippen LogP contribution in [0.4, 0.5) is 0 Å². The Labute approximate surface area is 227 Å².